The molecule has 2 aromatic rings. The number of amides is 2. The first-order valence-corrected chi connectivity index (χ1v) is 8.60. The van der Waals surface area contributed by atoms with Crippen molar-refractivity contribution in [3.05, 3.63) is 65.0 Å². The van der Waals surface area contributed by atoms with E-state index < -0.39 is 11.8 Å². The molecule has 0 bridgehead atoms. The lowest BCUT2D eigenvalue weighted by molar-refractivity contribution is 0.251. The van der Waals surface area contributed by atoms with Gasteiger partial charge in [0, 0.05) is 13.1 Å². The molecule has 5 nitrogen and oxygen atoms in total. The molecular formula is C20H23FN4O. The van der Waals surface area contributed by atoms with Gasteiger partial charge in [-0.2, -0.15) is 5.26 Å². The Kier molecular flexibility index (Phi) is 7.12. The van der Waals surface area contributed by atoms with Crippen molar-refractivity contribution in [2.24, 2.45) is 0 Å². The van der Waals surface area contributed by atoms with E-state index in [0.29, 0.717) is 6.54 Å². The van der Waals surface area contributed by atoms with Crippen LogP contribution < -0.4 is 10.6 Å². The van der Waals surface area contributed by atoms with Crippen LogP contribution in [0.2, 0.25) is 0 Å². The Morgan fingerprint density at radius 1 is 1.12 bits per heavy atom. The van der Waals surface area contributed by atoms with Crippen LogP contribution in [-0.2, 0) is 13.1 Å². The third-order valence-corrected chi connectivity index (χ3v) is 4.13. The molecule has 0 saturated heterocycles. The maximum Gasteiger partial charge on any atom is 0.319 e. The lowest BCUT2D eigenvalue weighted by Gasteiger charge is -2.18. The predicted octanol–water partition coefficient (Wildman–Crippen LogP) is 3.86. The Morgan fingerprint density at radius 3 is 2.38 bits per heavy atom. The van der Waals surface area contributed by atoms with E-state index >= 15 is 0 Å². The molecule has 0 aliphatic rings. The topological polar surface area (TPSA) is 68.2 Å². The molecule has 2 N–H and O–H groups in total. The van der Waals surface area contributed by atoms with E-state index in [1.165, 1.54) is 17.7 Å². The smallest absolute Gasteiger partial charge is 0.319 e. The van der Waals surface area contributed by atoms with Crippen molar-refractivity contribution in [3.63, 3.8) is 0 Å². The first-order valence-electron chi connectivity index (χ1n) is 8.60. The van der Waals surface area contributed by atoms with Gasteiger partial charge in [0.05, 0.1) is 11.3 Å². The van der Waals surface area contributed by atoms with Gasteiger partial charge in [-0.3, -0.25) is 4.90 Å². The minimum atomic E-state index is -0.516. The number of urea groups is 1. The first kappa shape index (κ1) is 19.4. The van der Waals surface area contributed by atoms with Crippen molar-refractivity contribution >= 4 is 11.7 Å². The van der Waals surface area contributed by atoms with E-state index in [1.807, 2.05) is 18.2 Å². The molecule has 2 aromatic carbocycles. The molecule has 136 valence electrons. The number of nitriles is 1. The molecule has 0 heterocycles. The van der Waals surface area contributed by atoms with Crippen molar-refractivity contribution in [3.8, 4) is 6.07 Å². The molecular weight excluding hydrogens is 331 g/mol. The van der Waals surface area contributed by atoms with Gasteiger partial charge in [-0.05, 0) is 42.4 Å². The van der Waals surface area contributed by atoms with Gasteiger partial charge in [0.2, 0.25) is 0 Å². The number of carbonyl (C=O) groups excluding carboxylic acids is 1. The van der Waals surface area contributed by atoms with Crippen LogP contribution in [0.1, 0.15) is 30.5 Å². The molecule has 26 heavy (non-hydrogen) atoms. The summed E-state index contributed by atoms with van der Waals surface area (Å²) in [6.45, 7) is 7.56. The second kappa shape index (κ2) is 9.54. The highest BCUT2D eigenvalue weighted by Crippen LogP contribution is 2.15. The highest BCUT2D eigenvalue weighted by atomic mass is 19.1. The fourth-order valence-electron chi connectivity index (χ4n) is 2.53. The molecule has 0 atom stereocenters. The largest absolute Gasteiger partial charge is 0.334 e. The lowest BCUT2D eigenvalue weighted by Crippen LogP contribution is -2.28. The third-order valence-electron chi connectivity index (χ3n) is 4.13. The van der Waals surface area contributed by atoms with E-state index in [-0.39, 0.29) is 11.3 Å². The Labute approximate surface area is 153 Å². The van der Waals surface area contributed by atoms with Crippen molar-refractivity contribution in [2.45, 2.75) is 26.9 Å². The quantitative estimate of drug-likeness (QED) is 0.793. The lowest BCUT2D eigenvalue weighted by atomic mass is 10.1. The number of anilines is 1. The molecule has 2 amide bonds. The Bertz CT molecular complexity index is 779. The second-order valence-electron chi connectivity index (χ2n) is 5.89. The minimum absolute atomic E-state index is 0.0842. The van der Waals surface area contributed by atoms with Crippen LogP contribution in [0.25, 0.3) is 0 Å². The maximum atomic E-state index is 13.1. The van der Waals surface area contributed by atoms with Crippen LogP contribution in [0.4, 0.5) is 14.9 Å². The molecule has 0 aliphatic heterocycles. The zero-order valence-electron chi connectivity index (χ0n) is 15.1. The van der Waals surface area contributed by atoms with Crippen molar-refractivity contribution < 1.29 is 9.18 Å². The molecule has 6 heteroatoms. The van der Waals surface area contributed by atoms with Crippen LogP contribution >= 0.6 is 0 Å². The summed E-state index contributed by atoms with van der Waals surface area (Å²) in [6, 6.07) is 13.2. The van der Waals surface area contributed by atoms with Crippen molar-refractivity contribution in [2.75, 3.05) is 18.4 Å². The van der Waals surface area contributed by atoms with E-state index in [2.05, 4.69) is 41.5 Å². The highest BCUT2D eigenvalue weighted by molar-refractivity contribution is 5.90. The van der Waals surface area contributed by atoms with E-state index in [9.17, 15) is 9.18 Å². The number of nitrogens with one attached hydrogen (secondary N) is 2. The number of rotatable bonds is 7. The van der Waals surface area contributed by atoms with Gasteiger partial charge in [0.1, 0.15) is 11.9 Å². The molecule has 0 radical (unpaired) electrons. The molecule has 2 rings (SSSR count). The number of halogens is 1. The summed E-state index contributed by atoms with van der Waals surface area (Å²) in [4.78, 5) is 14.3. The first-order chi connectivity index (χ1) is 12.5. The Morgan fingerprint density at radius 2 is 1.77 bits per heavy atom. The van der Waals surface area contributed by atoms with Crippen molar-refractivity contribution in [1.82, 2.24) is 10.2 Å². The van der Waals surface area contributed by atoms with Crippen LogP contribution in [0.15, 0.2) is 42.5 Å². The highest BCUT2D eigenvalue weighted by Gasteiger charge is 2.08. The molecule has 0 spiro atoms. The summed E-state index contributed by atoms with van der Waals surface area (Å²) in [5, 5.41) is 14.3. The number of benzene rings is 2. The van der Waals surface area contributed by atoms with Gasteiger partial charge in [-0.15, -0.1) is 0 Å². The average molecular weight is 354 g/mol. The summed E-state index contributed by atoms with van der Waals surface area (Å²) >= 11 is 0. The van der Waals surface area contributed by atoms with Gasteiger partial charge in [0.25, 0.3) is 0 Å². The number of nitrogens with zero attached hydrogens (tertiary/aromatic N) is 2. The summed E-state index contributed by atoms with van der Waals surface area (Å²) in [5.74, 6) is -0.516. The van der Waals surface area contributed by atoms with E-state index in [0.717, 1.165) is 31.3 Å². The molecule has 0 unspecified atom stereocenters. The predicted molar refractivity (Wildman–Crippen MR) is 100 cm³/mol. The van der Waals surface area contributed by atoms with Gasteiger partial charge in [-0.25, -0.2) is 9.18 Å². The number of hydrogen-bond acceptors (Lipinski definition) is 3. The van der Waals surface area contributed by atoms with E-state index in [4.69, 9.17) is 5.26 Å². The normalized spacial score (nSPS) is 10.4. The number of hydrogen-bond donors (Lipinski definition) is 2. The van der Waals surface area contributed by atoms with Crippen molar-refractivity contribution in [1.29, 1.82) is 5.26 Å². The molecule has 0 fully saturated rings. The maximum absolute atomic E-state index is 13.1. The van der Waals surface area contributed by atoms with Crippen LogP contribution in [0.5, 0.6) is 0 Å². The van der Waals surface area contributed by atoms with Gasteiger partial charge >= 0.3 is 6.03 Å². The standard InChI is InChI=1S/C20H23FN4O/c1-3-25(4-2)14-16-7-5-15(6-8-16)13-23-20(26)24-19-10-9-18(21)11-17(19)12-22/h5-11H,3-4,13-14H2,1-2H3,(H2,23,24,26). The minimum Gasteiger partial charge on any atom is -0.334 e. The second-order valence-corrected chi connectivity index (χ2v) is 5.89. The molecule has 0 aromatic heterocycles. The van der Waals surface area contributed by atoms with Crippen LogP contribution in [-0.4, -0.2) is 24.0 Å². The van der Waals surface area contributed by atoms with Gasteiger partial charge in [0.15, 0.2) is 0 Å². The summed E-state index contributed by atoms with van der Waals surface area (Å²) in [6.07, 6.45) is 0. The van der Waals surface area contributed by atoms with Crippen LogP contribution in [0, 0.1) is 17.1 Å². The van der Waals surface area contributed by atoms with Crippen LogP contribution in [0.3, 0.4) is 0 Å². The Balaban J connectivity index is 1.88. The SMILES string of the molecule is CCN(CC)Cc1ccc(CNC(=O)Nc2ccc(F)cc2C#N)cc1. The summed E-state index contributed by atoms with van der Waals surface area (Å²) < 4.78 is 13.1. The monoisotopic (exact) mass is 354 g/mol. The average Bonchev–Trinajstić information content (AvgIpc) is 2.66. The zero-order chi connectivity index (χ0) is 18.9. The van der Waals surface area contributed by atoms with E-state index in [1.54, 1.807) is 0 Å². The summed E-state index contributed by atoms with van der Waals surface area (Å²) in [5.41, 5.74) is 2.57. The summed E-state index contributed by atoms with van der Waals surface area (Å²) in [7, 11) is 0. The number of carbonyl (C=O) groups is 1. The molecule has 0 saturated carbocycles. The van der Waals surface area contributed by atoms with Gasteiger partial charge < -0.3 is 10.6 Å². The van der Waals surface area contributed by atoms with Gasteiger partial charge in [-0.1, -0.05) is 38.1 Å². The Hall–Kier alpha value is -2.91. The fourth-order valence-corrected chi connectivity index (χ4v) is 2.53. The fraction of sp³-hybridized carbons (Fsp3) is 0.300. The zero-order valence-corrected chi connectivity index (χ0v) is 15.1. The third kappa shape index (κ3) is 5.57. The molecule has 0 aliphatic carbocycles.